The predicted octanol–water partition coefficient (Wildman–Crippen LogP) is 3.63. The van der Waals surface area contributed by atoms with Crippen LogP contribution in [-0.4, -0.2) is 29.2 Å². The molecule has 1 amide bonds. The Morgan fingerprint density at radius 3 is 3.00 bits per heavy atom. The molecule has 4 heteroatoms. The van der Waals surface area contributed by atoms with E-state index < -0.39 is 0 Å². The van der Waals surface area contributed by atoms with Crippen molar-refractivity contribution in [3.8, 4) is 0 Å². The van der Waals surface area contributed by atoms with Crippen molar-refractivity contribution in [3.05, 3.63) is 34.3 Å². The first kappa shape index (κ1) is 14.1. The van der Waals surface area contributed by atoms with Gasteiger partial charge in [0.2, 0.25) is 5.91 Å². The fraction of sp³-hybridized carbons (Fsp3) is 0.500. The molecule has 1 aliphatic heterocycles. The van der Waals surface area contributed by atoms with Crippen LogP contribution in [-0.2, 0) is 11.2 Å². The Morgan fingerprint density at radius 2 is 2.28 bits per heavy atom. The lowest BCUT2D eigenvalue weighted by Gasteiger charge is -2.16. The van der Waals surface area contributed by atoms with E-state index in [-0.39, 0.29) is 5.91 Å². The molecule has 0 radical (unpaired) electrons. The lowest BCUT2D eigenvalue weighted by atomic mass is 10.1. The van der Waals surface area contributed by atoms with Crippen LogP contribution in [0.2, 0.25) is 0 Å². The smallest absolute Gasteiger partial charge is 0.226 e. The highest BCUT2D eigenvalue weighted by Crippen LogP contribution is 2.21. The van der Waals surface area contributed by atoms with E-state index >= 15 is 0 Å². The van der Waals surface area contributed by atoms with E-state index in [9.17, 15) is 4.79 Å². The molecule has 2 nitrogen and oxygen atoms in total. The number of alkyl halides is 1. The monoisotopic (exact) mass is 373 g/mol. The van der Waals surface area contributed by atoms with Gasteiger partial charge in [-0.05, 0) is 36.5 Å². The van der Waals surface area contributed by atoms with Crippen molar-refractivity contribution in [1.82, 2.24) is 4.90 Å². The molecule has 1 unspecified atom stereocenters. The fourth-order valence-corrected chi connectivity index (χ4v) is 3.48. The summed E-state index contributed by atoms with van der Waals surface area (Å²) in [6, 6.07) is 7.98. The lowest BCUT2D eigenvalue weighted by Crippen LogP contribution is -2.30. The van der Waals surface area contributed by atoms with Crippen LogP contribution < -0.4 is 0 Å². The van der Waals surface area contributed by atoms with Crippen LogP contribution in [0.25, 0.3) is 0 Å². The highest BCUT2D eigenvalue weighted by Gasteiger charge is 2.25. The molecule has 2 rings (SSSR count). The Balaban J connectivity index is 1.89. The summed E-state index contributed by atoms with van der Waals surface area (Å²) in [6.07, 6.45) is 2.83. The summed E-state index contributed by atoms with van der Waals surface area (Å²) >= 11 is 6.91. The normalized spacial score (nSPS) is 19.2. The summed E-state index contributed by atoms with van der Waals surface area (Å²) in [5.74, 6) is 0.931. The molecule has 1 aliphatic rings. The number of rotatable bonds is 4. The summed E-state index contributed by atoms with van der Waals surface area (Å²) in [5.41, 5.74) is 1.08. The van der Waals surface area contributed by atoms with Crippen molar-refractivity contribution in [2.75, 3.05) is 18.4 Å². The zero-order valence-corrected chi connectivity index (χ0v) is 13.4. The van der Waals surface area contributed by atoms with E-state index in [1.54, 1.807) is 0 Å². The van der Waals surface area contributed by atoms with E-state index in [1.807, 2.05) is 29.2 Å². The van der Waals surface area contributed by atoms with E-state index in [0.29, 0.717) is 12.3 Å². The van der Waals surface area contributed by atoms with Crippen LogP contribution in [0.4, 0.5) is 0 Å². The van der Waals surface area contributed by atoms with Gasteiger partial charge in [0.15, 0.2) is 0 Å². The maximum Gasteiger partial charge on any atom is 0.226 e. The third-order valence-corrected chi connectivity index (χ3v) is 4.35. The van der Waals surface area contributed by atoms with Crippen LogP contribution in [0, 0.1) is 5.92 Å². The first-order chi connectivity index (χ1) is 8.69. The molecule has 1 aromatic rings. The maximum absolute atomic E-state index is 12.2. The van der Waals surface area contributed by atoms with Gasteiger partial charge in [-0.25, -0.2) is 0 Å². The first-order valence-corrected chi connectivity index (χ1v) is 8.18. The fourth-order valence-electron chi connectivity index (χ4n) is 2.38. The zero-order chi connectivity index (χ0) is 13.0. The summed E-state index contributed by atoms with van der Waals surface area (Å²) in [4.78, 5) is 14.2. The molecule has 1 atom stereocenters. The Labute approximate surface area is 125 Å². The average molecular weight is 375 g/mol. The second-order valence-electron chi connectivity index (χ2n) is 4.78. The SMILES string of the molecule is O=C(Cc1cccc(Br)c1)N1CCC(CCBr)C1. The third kappa shape index (κ3) is 3.82. The van der Waals surface area contributed by atoms with Crippen molar-refractivity contribution < 1.29 is 4.79 Å². The van der Waals surface area contributed by atoms with Gasteiger partial charge >= 0.3 is 0 Å². The van der Waals surface area contributed by atoms with Crippen molar-refractivity contribution in [2.24, 2.45) is 5.92 Å². The minimum Gasteiger partial charge on any atom is -0.342 e. The topological polar surface area (TPSA) is 20.3 Å². The van der Waals surface area contributed by atoms with Gasteiger partial charge < -0.3 is 4.90 Å². The molecular weight excluding hydrogens is 358 g/mol. The van der Waals surface area contributed by atoms with Gasteiger partial charge in [-0.15, -0.1) is 0 Å². The van der Waals surface area contributed by atoms with Crippen LogP contribution >= 0.6 is 31.9 Å². The summed E-state index contributed by atoms with van der Waals surface area (Å²) in [6.45, 7) is 1.85. The van der Waals surface area contributed by atoms with Gasteiger partial charge in [0.25, 0.3) is 0 Å². The second-order valence-corrected chi connectivity index (χ2v) is 6.49. The molecular formula is C14H17Br2NO. The molecule has 98 valence electrons. The second kappa shape index (κ2) is 6.71. The summed E-state index contributed by atoms with van der Waals surface area (Å²) < 4.78 is 1.03. The molecule has 1 fully saturated rings. The van der Waals surface area contributed by atoms with Gasteiger partial charge in [0.05, 0.1) is 6.42 Å². The van der Waals surface area contributed by atoms with E-state index in [4.69, 9.17) is 0 Å². The minimum atomic E-state index is 0.255. The van der Waals surface area contributed by atoms with Crippen LogP contribution in [0.1, 0.15) is 18.4 Å². The van der Waals surface area contributed by atoms with Gasteiger partial charge in [-0.2, -0.15) is 0 Å². The summed E-state index contributed by atoms with van der Waals surface area (Å²) in [5, 5.41) is 1.03. The quantitative estimate of drug-likeness (QED) is 0.737. The molecule has 0 bridgehead atoms. The van der Waals surface area contributed by atoms with Gasteiger partial charge in [0, 0.05) is 22.9 Å². The van der Waals surface area contributed by atoms with Crippen LogP contribution in [0.15, 0.2) is 28.7 Å². The number of likely N-dealkylation sites (tertiary alicyclic amines) is 1. The lowest BCUT2D eigenvalue weighted by molar-refractivity contribution is -0.129. The largest absolute Gasteiger partial charge is 0.342 e. The van der Waals surface area contributed by atoms with Crippen molar-refractivity contribution in [3.63, 3.8) is 0 Å². The standard InChI is InChI=1S/C14H17Br2NO/c15-6-4-11-5-7-17(10-11)14(18)9-12-2-1-3-13(16)8-12/h1-3,8,11H,4-7,9-10H2. The molecule has 0 aromatic heterocycles. The van der Waals surface area contributed by atoms with Crippen molar-refractivity contribution in [1.29, 1.82) is 0 Å². The summed E-state index contributed by atoms with van der Waals surface area (Å²) in [7, 11) is 0. The van der Waals surface area contributed by atoms with Gasteiger partial charge in [-0.3, -0.25) is 4.79 Å². The Hall–Kier alpha value is -0.350. The number of carbonyl (C=O) groups excluding carboxylic acids is 1. The molecule has 0 saturated carbocycles. The molecule has 1 aromatic carbocycles. The Kier molecular flexibility index (Phi) is 5.25. The van der Waals surface area contributed by atoms with E-state index in [2.05, 4.69) is 31.9 Å². The van der Waals surface area contributed by atoms with Crippen LogP contribution in [0.5, 0.6) is 0 Å². The molecule has 1 saturated heterocycles. The van der Waals surface area contributed by atoms with Gasteiger partial charge in [-0.1, -0.05) is 44.0 Å². The van der Waals surface area contributed by atoms with Crippen molar-refractivity contribution in [2.45, 2.75) is 19.3 Å². The number of hydrogen-bond acceptors (Lipinski definition) is 1. The number of carbonyl (C=O) groups is 1. The molecule has 0 aliphatic carbocycles. The van der Waals surface area contributed by atoms with Gasteiger partial charge in [0.1, 0.15) is 0 Å². The number of benzene rings is 1. The van der Waals surface area contributed by atoms with E-state index in [0.717, 1.165) is 34.9 Å². The minimum absolute atomic E-state index is 0.255. The zero-order valence-electron chi connectivity index (χ0n) is 10.2. The molecule has 0 N–H and O–H groups in total. The first-order valence-electron chi connectivity index (χ1n) is 6.27. The molecule has 18 heavy (non-hydrogen) atoms. The van der Waals surface area contributed by atoms with E-state index in [1.165, 1.54) is 6.42 Å². The highest BCUT2D eigenvalue weighted by atomic mass is 79.9. The Bertz CT molecular complexity index is 422. The third-order valence-electron chi connectivity index (χ3n) is 3.40. The molecule has 0 spiro atoms. The molecule has 1 heterocycles. The van der Waals surface area contributed by atoms with Crippen LogP contribution in [0.3, 0.4) is 0 Å². The number of nitrogens with zero attached hydrogens (tertiary/aromatic N) is 1. The highest BCUT2D eigenvalue weighted by molar-refractivity contribution is 9.10. The maximum atomic E-state index is 12.2. The number of halogens is 2. The van der Waals surface area contributed by atoms with Crippen molar-refractivity contribution >= 4 is 37.8 Å². The number of hydrogen-bond donors (Lipinski definition) is 0. The Morgan fingerprint density at radius 1 is 1.44 bits per heavy atom. The number of amides is 1. The predicted molar refractivity (Wildman–Crippen MR) is 80.9 cm³/mol. The average Bonchev–Trinajstić information content (AvgIpc) is 2.78.